The van der Waals surface area contributed by atoms with Gasteiger partial charge in [-0.25, -0.2) is 14.4 Å². The largest absolute Gasteiger partial charge is 0.450 e. The molecule has 0 heterocycles. The number of carbonyl (C=O) groups is 3. The van der Waals surface area contributed by atoms with Gasteiger partial charge in [-0.15, -0.1) is 0 Å². The molecule has 3 N–H and O–H groups in total. The van der Waals surface area contributed by atoms with Crippen LogP contribution in [-0.4, -0.2) is 57.7 Å². The predicted octanol–water partition coefficient (Wildman–Crippen LogP) is 11.9. The first-order chi connectivity index (χ1) is 24.1. The molecule has 0 aromatic rings. The zero-order chi connectivity index (χ0) is 39.3. The van der Waals surface area contributed by atoms with Gasteiger partial charge in [-0.2, -0.15) is 0 Å². The third-order valence-corrected chi connectivity index (χ3v) is 7.91. The van der Waals surface area contributed by atoms with Crippen LogP contribution in [0.25, 0.3) is 0 Å². The molecule has 0 radical (unpaired) electrons. The Morgan fingerprint density at radius 3 is 0.725 bits per heavy atom. The summed E-state index contributed by atoms with van der Waals surface area (Å²) in [7, 11) is 0. The van der Waals surface area contributed by atoms with Crippen LogP contribution in [0.3, 0.4) is 0 Å². The number of alkyl carbamates (subject to hydrolysis) is 3. The summed E-state index contributed by atoms with van der Waals surface area (Å²) in [6.45, 7) is 30.2. The number of rotatable bonds is 27. The fraction of sp³-hybridized carbons (Fsp3) is 0.929. The van der Waals surface area contributed by atoms with Crippen LogP contribution in [0, 0.1) is 35.5 Å². The van der Waals surface area contributed by atoms with Gasteiger partial charge in [0.05, 0.1) is 19.8 Å². The van der Waals surface area contributed by atoms with Crippen molar-refractivity contribution >= 4 is 18.3 Å². The van der Waals surface area contributed by atoms with Crippen LogP contribution in [0.2, 0.25) is 0 Å². The number of amides is 3. The molecule has 0 aliphatic rings. The number of nitrogens with one attached hydrogen (secondary N) is 3. The van der Waals surface area contributed by atoms with Gasteiger partial charge >= 0.3 is 18.3 Å². The summed E-state index contributed by atoms with van der Waals surface area (Å²) in [5.41, 5.74) is 0. The average molecular weight is 730 g/mol. The number of ether oxygens (including phenoxy) is 3. The molecular weight excluding hydrogens is 642 g/mol. The number of hydrogen-bond acceptors (Lipinski definition) is 6. The summed E-state index contributed by atoms with van der Waals surface area (Å²) < 4.78 is 15.2. The van der Waals surface area contributed by atoms with Crippen LogP contribution in [0.15, 0.2) is 0 Å². The molecule has 0 aliphatic carbocycles. The van der Waals surface area contributed by atoms with E-state index in [1.165, 1.54) is 19.3 Å². The van der Waals surface area contributed by atoms with E-state index in [4.69, 9.17) is 14.2 Å². The molecule has 0 saturated heterocycles. The molecule has 3 amide bonds. The van der Waals surface area contributed by atoms with Crippen molar-refractivity contribution in [2.24, 2.45) is 35.5 Å². The molecule has 0 atom stereocenters. The zero-order valence-electron chi connectivity index (χ0n) is 35.8. The molecule has 0 fully saturated rings. The fourth-order valence-electron chi connectivity index (χ4n) is 4.71. The Labute approximate surface area is 316 Å². The molecule has 306 valence electrons. The van der Waals surface area contributed by atoms with Crippen LogP contribution in [0.4, 0.5) is 14.4 Å². The maximum atomic E-state index is 11.3. The maximum absolute atomic E-state index is 11.3. The molecule has 0 saturated carbocycles. The van der Waals surface area contributed by atoms with E-state index < -0.39 is 0 Å². The molecule has 9 nitrogen and oxygen atoms in total. The normalized spacial score (nSPS) is 10.9. The van der Waals surface area contributed by atoms with E-state index in [0.717, 1.165) is 114 Å². The molecule has 51 heavy (non-hydrogen) atoms. The van der Waals surface area contributed by atoms with E-state index in [0.29, 0.717) is 37.6 Å². The number of hydrogen-bond donors (Lipinski definition) is 3. The smallest absolute Gasteiger partial charge is 0.407 e. The molecule has 0 aromatic carbocycles. The third-order valence-electron chi connectivity index (χ3n) is 7.91. The minimum atomic E-state index is -0.265. The fourth-order valence-corrected chi connectivity index (χ4v) is 4.71. The van der Waals surface area contributed by atoms with Crippen molar-refractivity contribution in [1.82, 2.24) is 16.0 Å². The Morgan fingerprint density at radius 1 is 0.333 bits per heavy atom. The van der Waals surface area contributed by atoms with Crippen molar-refractivity contribution in [3.05, 3.63) is 0 Å². The van der Waals surface area contributed by atoms with E-state index in [-0.39, 0.29) is 18.3 Å². The summed E-state index contributed by atoms with van der Waals surface area (Å²) >= 11 is 0. The Bertz CT molecular complexity index is 672. The predicted molar refractivity (Wildman–Crippen MR) is 216 cm³/mol. The summed E-state index contributed by atoms with van der Waals surface area (Å²) in [5, 5.41) is 8.33. The van der Waals surface area contributed by atoms with Gasteiger partial charge in [0.25, 0.3) is 0 Å². The standard InChI is InChI=1S/3C14H29NO2/c3*1-12(2)8-5-6-11-17-14(16)15-10-7-9-13(3)4/h3*12-13H,5-11H2,1-4H3,(H,15,16). The van der Waals surface area contributed by atoms with Gasteiger partial charge in [-0.05, 0) is 113 Å². The monoisotopic (exact) mass is 730 g/mol. The van der Waals surface area contributed by atoms with Gasteiger partial charge in [-0.1, -0.05) is 102 Å². The van der Waals surface area contributed by atoms with Crippen LogP contribution >= 0.6 is 0 Å². The highest BCUT2D eigenvalue weighted by atomic mass is 16.6. The molecule has 0 spiro atoms. The number of carbonyl (C=O) groups excluding carboxylic acids is 3. The van der Waals surface area contributed by atoms with Crippen molar-refractivity contribution in [2.45, 2.75) is 179 Å². The van der Waals surface area contributed by atoms with Crippen LogP contribution < -0.4 is 16.0 Å². The van der Waals surface area contributed by atoms with E-state index in [1.54, 1.807) is 0 Å². The zero-order valence-corrected chi connectivity index (χ0v) is 35.8. The summed E-state index contributed by atoms with van der Waals surface area (Å²) in [6.07, 6.45) is 15.7. The van der Waals surface area contributed by atoms with Crippen molar-refractivity contribution in [3.8, 4) is 0 Å². The van der Waals surface area contributed by atoms with Crippen molar-refractivity contribution < 1.29 is 28.6 Å². The Kier molecular flexibility index (Phi) is 40.7. The summed E-state index contributed by atoms with van der Waals surface area (Å²) in [4.78, 5) is 33.8. The van der Waals surface area contributed by atoms with Gasteiger partial charge in [0.15, 0.2) is 0 Å². The third kappa shape index (κ3) is 54.7. The van der Waals surface area contributed by atoms with E-state index in [2.05, 4.69) is 99.0 Å². The van der Waals surface area contributed by atoms with E-state index in [9.17, 15) is 14.4 Å². The van der Waals surface area contributed by atoms with Crippen molar-refractivity contribution in [2.75, 3.05) is 39.5 Å². The Balaban J connectivity index is -0.000000678. The van der Waals surface area contributed by atoms with Crippen LogP contribution in [0.5, 0.6) is 0 Å². The second kappa shape index (κ2) is 39.0. The first kappa shape index (κ1) is 53.2. The molecule has 0 unspecified atom stereocenters. The molecule has 9 heteroatoms. The van der Waals surface area contributed by atoms with Gasteiger partial charge in [-0.3, -0.25) is 0 Å². The lowest BCUT2D eigenvalue weighted by atomic mass is 10.1. The highest BCUT2D eigenvalue weighted by Gasteiger charge is 2.04. The minimum absolute atomic E-state index is 0.265. The minimum Gasteiger partial charge on any atom is -0.450 e. The van der Waals surface area contributed by atoms with Crippen molar-refractivity contribution in [1.29, 1.82) is 0 Å². The SMILES string of the molecule is CC(C)CCCCOC(=O)NCCCC(C)C.CC(C)CCCCOC(=O)NCCCC(C)C.CC(C)CCCCOC(=O)NCCCC(C)C. The summed E-state index contributed by atoms with van der Waals surface area (Å²) in [5.74, 6) is 4.30. The Hall–Kier alpha value is -2.19. The van der Waals surface area contributed by atoms with E-state index >= 15 is 0 Å². The summed E-state index contributed by atoms with van der Waals surface area (Å²) in [6, 6.07) is 0. The molecule has 0 bridgehead atoms. The second-order valence-electron chi connectivity index (χ2n) is 16.5. The van der Waals surface area contributed by atoms with Crippen LogP contribution in [0.1, 0.15) is 179 Å². The molecular formula is C42H87N3O6. The lowest BCUT2D eigenvalue weighted by Crippen LogP contribution is -2.25. The lowest BCUT2D eigenvalue weighted by Gasteiger charge is -2.08. The van der Waals surface area contributed by atoms with Gasteiger partial charge in [0, 0.05) is 19.6 Å². The first-order valence-electron chi connectivity index (χ1n) is 20.8. The van der Waals surface area contributed by atoms with Gasteiger partial charge < -0.3 is 30.2 Å². The van der Waals surface area contributed by atoms with E-state index in [1.807, 2.05) is 0 Å². The highest BCUT2D eigenvalue weighted by Crippen LogP contribution is 2.08. The lowest BCUT2D eigenvalue weighted by molar-refractivity contribution is 0.142. The highest BCUT2D eigenvalue weighted by molar-refractivity contribution is 5.67. The topological polar surface area (TPSA) is 115 Å². The average Bonchev–Trinajstić information content (AvgIpc) is 3.03. The maximum Gasteiger partial charge on any atom is 0.407 e. The molecule has 0 rings (SSSR count). The van der Waals surface area contributed by atoms with Gasteiger partial charge in [0.1, 0.15) is 0 Å². The Morgan fingerprint density at radius 2 is 0.529 bits per heavy atom. The van der Waals surface area contributed by atoms with Gasteiger partial charge in [0.2, 0.25) is 0 Å². The molecule has 0 aromatic heterocycles. The number of unbranched alkanes of at least 4 members (excludes halogenated alkanes) is 3. The quantitative estimate of drug-likeness (QED) is 0.0573. The van der Waals surface area contributed by atoms with Crippen LogP contribution in [-0.2, 0) is 14.2 Å². The second-order valence-corrected chi connectivity index (χ2v) is 16.5. The van der Waals surface area contributed by atoms with Crippen molar-refractivity contribution in [3.63, 3.8) is 0 Å². The molecule has 0 aliphatic heterocycles. The first-order valence-corrected chi connectivity index (χ1v) is 20.8.